The molecule has 0 radical (unpaired) electrons. The number of benzene rings is 10. The second-order valence-corrected chi connectivity index (χ2v) is 33.6. The zero-order valence-corrected chi connectivity index (χ0v) is 47.2. The van der Waals surface area contributed by atoms with Crippen molar-refractivity contribution in [2.24, 2.45) is 10.8 Å². The normalized spacial score (nSPS) is 16.1. The number of hydrogen-bond acceptors (Lipinski definition) is 0. The van der Waals surface area contributed by atoms with Gasteiger partial charge in [0.15, 0.2) is 0 Å². The number of fused-ring (bicyclic) bond motifs is 7. The van der Waals surface area contributed by atoms with Gasteiger partial charge in [0, 0.05) is 0 Å². The summed E-state index contributed by atoms with van der Waals surface area (Å²) in [6, 6.07) is 81.3. The molecule has 0 N–H and O–H groups in total. The van der Waals surface area contributed by atoms with E-state index in [-0.39, 0.29) is 10.8 Å². The molecule has 13 rings (SSSR count). The van der Waals surface area contributed by atoms with Gasteiger partial charge in [0.1, 0.15) is 0 Å². The molecule has 347 valence electrons. The minimum atomic E-state index is -3.45. The van der Waals surface area contributed by atoms with Crippen LogP contribution in [0.2, 0.25) is 0 Å². The average Bonchev–Trinajstić information content (AvgIpc) is 4.12. The molecule has 2 heteroatoms. The van der Waals surface area contributed by atoms with Gasteiger partial charge in [0.05, 0.1) is 0 Å². The van der Waals surface area contributed by atoms with Gasteiger partial charge in [-0.2, -0.15) is 0 Å². The summed E-state index contributed by atoms with van der Waals surface area (Å²) in [6.07, 6.45) is 5.39. The fourth-order valence-electron chi connectivity index (χ4n) is 13.0. The van der Waals surface area contributed by atoms with Crippen LogP contribution in [-0.2, 0) is 21.4 Å². The number of allylic oxidation sites excluding steroid dienone is 2. The summed E-state index contributed by atoms with van der Waals surface area (Å²) in [5, 5.41) is 8.46. The van der Waals surface area contributed by atoms with E-state index in [0.29, 0.717) is 7.35 Å². The molecule has 0 fully saturated rings. The Morgan fingerprint density at radius 1 is 0.333 bits per heavy atom. The van der Waals surface area contributed by atoms with Gasteiger partial charge >= 0.3 is 439 Å². The van der Waals surface area contributed by atoms with E-state index in [1.165, 1.54) is 88.3 Å². The summed E-state index contributed by atoms with van der Waals surface area (Å²) in [4.78, 5) is 0. The van der Waals surface area contributed by atoms with Gasteiger partial charge in [0.25, 0.3) is 0 Å². The van der Waals surface area contributed by atoms with Gasteiger partial charge in [0.2, 0.25) is 0 Å². The van der Waals surface area contributed by atoms with E-state index >= 15 is 0 Å². The Kier molecular flexibility index (Phi) is 11.0. The van der Waals surface area contributed by atoms with Crippen molar-refractivity contribution in [1.29, 1.82) is 0 Å². The molecule has 72 heavy (non-hydrogen) atoms. The Bertz CT molecular complexity index is 3670. The fraction of sp³-hybridized carbons (Fsp3) is 0.143. The Hall–Kier alpha value is -6.71. The first kappa shape index (κ1) is 45.2. The number of hydrogen-bond donors (Lipinski definition) is 0. The van der Waals surface area contributed by atoms with E-state index in [2.05, 4.69) is 266 Å². The molecule has 2 unspecified atom stereocenters. The predicted octanol–water partition coefficient (Wildman–Crippen LogP) is 16.4. The van der Waals surface area contributed by atoms with E-state index in [0.717, 1.165) is 0 Å². The van der Waals surface area contributed by atoms with Gasteiger partial charge < -0.3 is 0 Å². The summed E-state index contributed by atoms with van der Waals surface area (Å²) < 4.78 is 2.43. The van der Waals surface area contributed by atoms with E-state index in [1.54, 1.807) is 36.0 Å². The molecule has 10 aromatic rings. The van der Waals surface area contributed by atoms with E-state index in [4.69, 9.17) is 0 Å². The van der Waals surface area contributed by atoms with Crippen LogP contribution in [0.3, 0.4) is 0 Å². The first-order valence-electron chi connectivity index (χ1n) is 26.0. The molecule has 10 aromatic carbocycles. The molecule has 0 aromatic heterocycles. The summed E-state index contributed by atoms with van der Waals surface area (Å²) in [5.74, 6) is 0. The molecule has 0 spiro atoms. The Balaban J connectivity index is 1.06. The van der Waals surface area contributed by atoms with Crippen molar-refractivity contribution in [2.75, 3.05) is 0 Å². The van der Waals surface area contributed by atoms with Crippen molar-refractivity contribution in [3.63, 3.8) is 0 Å². The third kappa shape index (κ3) is 7.39. The molecular weight excluding hydrogens is 1050 g/mol. The van der Waals surface area contributed by atoms with Crippen molar-refractivity contribution < 1.29 is 21.4 Å². The van der Waals surface area contributed by atoms with Crippen molar-refractivity contribution in [2.45, 2.75) is 48.9 Å². The van der Waals surface area contributed by atoms with E-state index in [9.17, 15) is 0 Å². The van der Waals surface area contributed by atoms with Crippen LogP contribution in [-0.4, -0.2) is 9.52 Å². The molecule has 0 saturated carbocycles. The molecule has 1 heterocycles. The topological polar surface area (TPSA) is 0 Å². The Morgan fingerprint density at radius 2 is 0.694 bits per heavy atom. The molecule has 0 saturated heterocycles. The van der Waals surface area contributed by atoms with Crippen molar-refractivity contribution in [1.82, 2.24) is 0 Å². The van der Waals surface area contributed by atoms with Gasteiger partial charge in [-0.3, -0.25) is 0 Å². The van der Waals surface area contributed by atoms with Crippen molar-refractivity contribution >= 4 is 56.9 Å². The monoisotopic (exact) mass is 1110 g/mol. The van der Waals surface area contributed by atoms with Crippen molar-refractivity contribution in [3.8, 4) is 55.6 Å². The quantitative estimate of drug-likeness (QED) is 0.140. The molecule has 2 aliphatic carbocycles. The van der Waals surface area contributed by atoms with Crippen LogP contribution in [0.25, 0.3) is 89.3 Å². The maximum atomic E-state index is 2.70. The van der Waals surface area contributed by atoms with E-state index in [1.807, 2.05) is 0 Å². The fourth-order valence-corrected chi connectivity index (χ4v) is 34.1. The van der Waals surface area contributed by atoms with E-state index < -0.39 is 31.0 Å². The first-order valence-corrected chi connectivity index (χ1v) is 33.3. The predicted molar refractivity (Wildman–Crippen MR) is 309 cm³/mol. The second kappa shape index (κ2) is 17.5. The van der Waals surface area contributed by atoms with Crippen LogP contribution in [0.1, 0.15) is 71.1 Å². The number of rotatable bonds is 7. The molecule has 0 amide bonds. The second-order valence-electron chi connectivity index (χ2n) is 22.4. The van der Waals surface area contributed by atoms with Crippen molar-refractivity contribution in [3.05, 3.63) is 246 Å². The zero-order chi connectivity index (χ0) is 48.9. The first-order chi connectivity index (χ1) is 35.0. The average molecular weight is 1110 g/mol. The molecule has 0 nitrogen and oxygen atoms in total. The summed E-state index contributed by atoms with van der Waals surface area (Å²) >= 11 is -3.45. The molecule has 2 atom stereocenters. The Labute approximate surface area is 436 Å². The summed E-state index contributed by atoms with van der Waals surface area (Å²) in [5.41, 5.74) is 22.5. The van der Waals surface area contributed by atoms with Crippen LogP contribution in [0.4, 0.5) is 0 Å². The van der Waals surface area contributed by atoms with Crippen LogP contribution in [0.5, 0.6) is 0 Å². The van der Waals surface area contributed by atoms with Gasteiger partial charge in [-0.15, -0.1) is 0 Å². The summed E-state index contributed by atoms with van der Waals surface area (Å²) in [7, 11) is -0.729. The SMILES string of the molecule is CC(C)(C)C1=Cc2c(-c3ccccc3-c3cccc4ccccc34)cccc2[CH]1[Hf]([c]1cccc2c1[SiH2]c1ccccc1-2)[CH]1C(C(C)(C)C)=Cc2c(-c3ccccc3-c3cccc4ccccc34)cccc21. The third-order valence-corrected chi connectivity index (χ3v) is 32.5. The maximum absolute atomic E-state index is 3.45. The minimum absolute atomic E-state index is 0.0589. The molecule has 1 aliphatic heterocycles. The molecular formula is C70H59HfSi. The van der Waals surface area contributed by atoms with Crippen LogP contribution in [0.15, 0.2) is 223 Å². The third-order valence-electron chi connectivity index (χ3n) is 16.2. The molecule has 3 aliphatic rings. The van der Waals surface area contributed by atoms with Gasteiger partial charge in [-0.1, -0.05) is 0 Å². The van der Waals surface area contributed by atoms with Gasteiger partial charge in [-0.25, -0.2) is 0 Å². The Morgan fingerprint density at radius 3 is 1.19 bits per heavy atom. The van der Waals surface area contributed by atoms with Crippen LogP contribution >= 0.6 is 0 Å². The summed E-state index contributed by atoms with van der Waals surface area (Å²) in [6.45, 7) is 15.0. The van der Waals surface area contributed by atoms with Crippen LogP contribution < -0.4 is 13.7 Å². The zero-order valence-electron chi connectivity index (χ0n) is 42.2. The van der Waals surface area contributed by atoms with Crippen LogP contribution in [0, 0.1) is 10.8 Å². The van der Waals surface area contributed by atoms with Gasteiger partial charge in [-0.05, 0) is 0 Å². The molecule has 0 bridgehead atoms. The standard InChI is InChI=1S/2C29H25.C12H9Si.Hf/c2*1-29(2,3)22-18-21-12-9-17-27(28(21)19-22)26-15-7-6-14-25(26)24-16-8-11-20-10-4-5-13-23(20)24;1-3-7-11-9(5-1)10-6-2-4-8-12(10)13-11;/h2*4-19H,1-3H3;1-7H,13H2;.